The van der Waals surface area contributed by atoms with E-state index in [1.54, 1.807) is 6.07 Å². The molecule has 0 N–H and O–H groups in total. The Bertz CT molecular complexity index is 289. The maximum atomic E-state index is 12.8. The molecule has 1 rings (SSSR count). The van der Waals surface area contributed by atoms with E-state index in [1.807, 2.05) is 26.0 Å². The van der Waals surface area contributed by atoms with Crippen molar-refractivity contribution < 1.29 is 14.0 Å². The summed E-state index contributed by atoms with van der Waals surface area (Å²) in [4.78, 5) is 16.2. The van der Waals surface area contributed by atoms with Gasteiger partial charge in [0, 0.05) is 0 Å². The quantitative estimate of drug-likeness (QED) is 0.668. The first kappa shape index (κ1) is 11.5. The summed E-state index contributed by atoms with van der Waals surface area (Å²) < 4.78 is 12.8. The predicted molar refractivity (Wildman–Crippen MR) is 45.5 cm³/mol. The molecule has 2 nitrogen and oxygen atoms in total. The summed E-state index contributed by atoms with van der Waals surface area (Å²) in [6, 6.07) is 6.88. The molecule has 0 bridgehead atoms. The largest absolute Gasteiger partial charge is 0.373 e. The SMILES string of the molecule is CC(C)c1ccccc1F.O=C=O. The first-order valence-electron chi connectivity index (χ1n) is 3.87. The van der Waals surface area contributed by atoms with Crippen molar-refractivity contribution in [1.29, 1.82) is 0 Å². The lowest BCUT2D eigenvalue weighted by molar-refractivity contribution is -0.191. The molecule has 0 aliphatic rings. The molecule has 0 atom stereocenters. The Labute approximate surface area is 76.4 Å². The predicted octanol–water partition coefficient (Wildman–Crippen LogP) is 2.37. The summed E-state index contributed by atoms with van der Waals surface area (Å²) in [5, 5.41) is 0. The van der Waals surface area contributed by atoms with Crippen LogP contribution in [0, 0.1) is 5.82 Å². The summed E-state index contributed by atoms with van der Waals surface area (Å²) in [5.41, 5.74) is 0.794. The van der Waals surface area contributed by atoms with Crippen molar-refractivity contribution in [3.8, 4) is 0 Å². The Hall–Kier alpha value is -1.47. The second-order valence-corrected chi connectivity index (χ2v) is 2.76. The van der Waals surface area contributed by atoms with Crippen LogP contribution >= 0.6 is 0 Å². The zero-order valence-corrected chi connectivity index (χ0v) is 7.58. The molecule has 0 saturated carbocycles. The van der Waals surface area contributed by atoms with Crippen LogP contribution in [-0.4, -0.2) is 6.15 Å². The third-order valence-corrected chi connectivity index (χ3v) is 1.53. The van der Waals surface area contributed by atoms with Crippen LogP contribution in [0.15, 0.2) is 24.3 Å². The standard InChI is InChI=1S/C9H11F.CO2/c1-7(2)8-5-3-4-6-9(8)10;2-1-3/h3-7H,1-2H3;. The third-order valence-electron chi connectivity index (χ3n) is 1.53. The van der Waals surface area contributed by atoms with Crippen LogP contribution in [0.25, 0.3) is 0 Å². The molecule has 0 aromatic heterocycles. The van der Waals surface area contributed by atoms with E-state index in [2.05, 4.69) is 0 Å². The van der Waals surface area contributed by atoms with Crippen LogP contribution in [0.2, 0.25) is 0 Å². The van der Waals surface area contributed by atoms with Gasteiger partial charge >= 0.3 is 6.15 Å². The molecular formula is C10H11FO2. The molecule has 0 saturated heterocycles. The van der Waals surface area contributed by atoms with Crippen molar-refractivity contribution in [3.05, 3.63) is 35.6 Å². The van der Waals surface area contributed by atoms with Crippen LogP contribution in [0.1, 0.15) is 25.3 Å². The van der Waals surface area contributed by atoms with Crippen LogP contribution < -0.4 is 0 Å². The first-order valence-corrected chi connectivity index (χ1v) is 3.87. The van der Waals surface area contributed by atoms with Gasteiger partial charge in [-0.2, -0.15) is 9.59 Å². The molecule has 0 fully saturated rings. The van der Waals surface area contributed by atoms with E-state index in [9.17, 15) is 4.39 Å². The number of benzene rings is 1. The minimum atomic E-state index is -0.0995. The third kappa shape index (κ3) is 4.19. The van der Waals surface area contributed by atoms with Gasteiger partial charge < -0.3 is 0 Å². The van der Waals surface area contributed by atoms with E-state index in [-0.39, 0.29) is 17.9 Å². The van der Waals surface area contributed by atoms with Crippen LogP contribution in [0.5, 0.6) is 0 Å². The van der Waals surface area contributed by atoms with E-state index in [0.29, 0.717) is 0 Å². The molecule has 13 heavy (non-hydrogen) atoms. The topological polar surface area (TPSA) is 34.1 Å². The second-order valence-electron chi connectivity index (χ2n) is 2.76. The van der Waals surface area contributed by atoms with Gasteiger partial charge in [0.1, 0.15) is 5.82 Å². The fourth-order valence-electron chi connectivity index (χ4n) is 0.943. The number of hydrogen-bond acceptors (Lipinski definition) is 2. The molecule has 0 amide bonds. The Morgan fingerprint density at radius 1 is 1.23 bits per heavy atom. The fourth-order valence-corrected chi connectivity index (χ4v) is 0.943. The molecule has 0 aliphatic heterocycles. The average molecular weight is 182 g/mol. The highest BCUT2D eigenvalue weighted by Gasteiger charge is 2.02. The van der Waals surface area contributed by atoms with Gasteiger partial charge in [-0.3, -0.25) is 0 Å². The first-order chi connectivity index (χ1) is 6.13. The fraction of sp³-hybridized carbons (Fsp3) is 0.300. The van der Waals surface area contributed by atoms with Gasteiger partial charge in [-0.15, -0.1) is 0 Å². The number of rotatable bonds is 1. The van der Waals surface area contributed by atoms with Gasteiger partial charge in [0.05, 0.1) is 0 Å². The molecule has 0 heterocycles. The molecule has 1 aromatic carbocycles. The Morgan fingerprint density at radius 2 is 1.69 bits per heavy atom. The zero-order chi connectivity index (χ0) is 10.3. The van der Waals surface area contributed by atoms with Crippen molar-refractivity contribution >= 4 is 6.15 Å². The molecule has 70 valence electrons. The summed E-state index contributed by atoms with van der Waals surface area (Å²) in [5.74, 6) is 0.179. The Morgan fingerprint density at radius 3 is 2.00 bits per heavy atom. The average Bonchev–Trinajstić information content (AvgIpc) is 2.06. The lowest BCUT2D eigenvalue weighted by Gasteiger charge is -2.04. The lowest BCUT2D eigenvalue weighted by atomic mass is 10.0. The molecule has 0 spiro atoms. The van der Waals surface area contributed by atoms with E-state index >= 15 is 0 Å². The summed E-state index contributed by atoms with van der Waals surface area (Å²) in [6.07, 6.45) is 0.250. The maximum absolute atomic E-state index is 12.8. The highest BCUT2D eigenvalue weighted by Crippen LogP contribution is 2.16. The summed E-state index contributed by atoms with van der Waals surface area (Å²) in [7, 11) is 0. The highest BCUT2D eigenvalue weighted by molar-refractivity contribution is 5.20. The van der Waals surface area contributed by atoms with E-state index < -0.39 is 0 Å². The Balaban J connectivity index is 0.000000424. The van der Waals surface area contributed by atoms with E-state index in [4.69, 9.17) is 9.59 Å². The maximum Gasteiger partial charge on any atom is 0.373 e. The summed E-state index contributed by atoms with van der Waals surface area (Å²) in [6.45, 7) is 3.97. The van der Waals surface area contributed by atoms with Crippen molar-refractivity contribution in [2.24, 2.45) is 0 Å². The molecular weight excluding hydrogens is 171 g/mol. The second kappa shape index (κ2) is 6.09. The van der Waals surface area contributed by atoms with E-state index in [0.717, 1.165) is 5.56 Å². The summed E-state index contributed by atoms with van der Waals surface area (Å²) >= 11 is 0. The number of halogens is 1. The van der Waals surface area contributed by atoms with Crippen molar-refractivity contribution in [3.63, 3.8) is 0 Å². The van der Waals surface area contributed by atoms with E-state index in [1.165, 1.54) is 6.07 Å². The van der Waals surface area contributed by atoms with Crippen molar-refractivity contribution in [2.45, 2.75) is 19.8 Å². The van der Waals surface area contributed by atoms with Crippen molar-refractivity contribution in [2.75, 3.05) is 0 Å². The van der Waals surface area contributed by atoms with Crippen LogP contribution in [0.3, 0.4) is 0 Å². The molecule has 0 radical (unpaired) electrons. The van der Waals surface area contributed by atoms with Gasteiger partial charge in [0.2, 0.25) is 0 Å². The highest BCUT2D eigenvalue weighted by atomic mass is 19.1. The molecule has 3 heteroatoms. The molecule has 1 aromatic rings. The van der Waals surface area contributed by atoms with Gasteiger partial charge in [-0.05, 0) is 17.5 Å². The molecule has 0 aliphatic carbocycles. The smallest absolute Gasteiger partial charge is 0.207 e. The van der Waals surface area contributed by atoms with Gasteiger partial charge in [-0.1, -0.05) is 32.0 Å². The lowest BCUT2D eigenvalue weighted by Crippen LogP contribution is -1.90. The zero-order valence-electron chi connectivity index (χ0n) is 7.58. The van der Waals surface area contributed by atoms with Crippen molar-refractivity contribution in [1.82, 2.24) is 0 Å². The normalized spacial score (nSPS) is 8.62. The monoisotopic (exact) mass is 182 g/mol. The Kier molecular flexibility index (Phi) is 5.40. The van der Waals surface area contributed by atoms with Gasteiger partial charge in [0.15, 0.2) is 0 Å². The van der Waals surface area contributed by atoms with Gasteiger partial charge in [-0.25, -0.2) is 4.39 Å². The number of carbonyl (C=O) groups excluding carboxylic acids is 2. The van der Waals surface area contributed by atoms with Crippen LogP contribution in [-0.2, 0) is 9.59 Å². The minimum absolute atomic E-state index is 0.0995. The van der Waals surface area contributed by atoms with Gasteiger partial charge in [0.25, 0.3) is 0 Å². The molecule has 0 unspecified atom stereocenters. The minimum Gasteiger partial charge on any atom is -0.207 e. The van der Waals surface area contributed by atoms with Crippen LogP contribution in [0.4, 0.5) is 4.39 Å². The number of hydrogen-bond donors (Lipinski definition) is 0.